The number of ether oxygens (including phenoxy) is 2. The number of unbranched alkanes of at least 4 members (excludes halogenated alkanes) is 27. The van der Waals surface area contributed by atoms with Crippen molar-refractivity contribution >= 4 is 19.8 Å². The van der Waals surface area contributed by atoms with Gasteiger partial charge in [-0.05, 0) is 44.9 Å². The van der Waals surface area contributed by atoms with Gasteiger partial charge >= 0.3 is 19.8 Å². The van der Waals surface area contributed by atoms with Gasteiger partial charge in [0.15, 0.2) is 0 Å². The Kier molecular flexibility index (Phi) is 41.4. The molecule has 10 nitrogen and oxygen atoms in total. The summed E-state index contributed by atoms with van der Waals surface area (Å²) >= 11 is 0. The van der Waals surface area contributed by atoms with Gasteiger partial charge < -0.3 is 25.2 Å². The molecule has 0 aliphatic rings. The first kappa shape index (κ1) is 55.5. The summed E-state index contributed by atoms with van der Waals surface area (Å²) in [6.45, 7) is 3.89. The van der Waals surface area contributed by atoms with Crippen LogP contribution in [-0.2, 0) is 32.7 Å². The molecule has 3 unspecified atom stereocenters. The lowest BCUT2D eigenvalue weighted by Crippen LogP contribution is -2.34. The molecular weight excluding hydrogens is 741 g/mol. The highest BCUT2D eigenvalue weighted by Crippen LogP contribution is 2.43. The fourth-order valence-corrected chi connectivity index (χ4v) is 7.35. The van der Waals surface area contributed by atoms with Crippen molar-refractivity contribution in [2.45, 2.75) is 231 Å². The maximum Gasteiger partial charge on any atom is 0.472 e. The van der Waals surface area contributed by atoms with E-state index >= 15 is 0 Å². The largest absolute Gasteiger partial charge is 0.480 e. The van der Waals surface area contributed by atoms with Crippen LogP contribution in [0.15, 0.2) is 24.3 Å². The normalized spacial score (nSPS) is 14.0. The maximum absolute atomic E-state index is 12.6. The van der Waals surface area contributed by atoms with E-state index in [2.05, 4.69) is 38.2 Å². The van der Waals surface area contributed by atoms with Gasteiger partial charge in [0.2, 0.25) is 0 Å². The highest BCUT2D eigenvalue weighted by Gasteiger charge is 2.27. The summed E-state index contributed by atoms with van der Waals surface area (Å²) in [5.74, 6) is -1.77. The monoisotopic (exact) mass is 830 g/mol. The van der Waals surface area contributed by atoms with E-state index in [1.807, 2.05) is 0 Å². The van der Waals surface area contributed by atoms with Crippen LogP contribution in [0.4, 0.5) is 0 Å². The van der Waals surface area contributed by atoms with E-state index in [1.165, 1.54) is 154 Å². The van der Waals surface area contributed by atoms with Crippen LogP contribution < -0.4 is 5.73 Å². The fraction of sp³-hybridized carbons (Fsp3) is 0.870. The van der Waals surface area contributed by atoms with E-state index in [0.29, 0.717) is 13.0 Å². The van der Waals surface area contributed by atoms with Crippen molar-refractivity contribution in [3.8, 4) is 0 Å². The molecule has 3 atom stereocenters. The molecule has 0 bridgehead atoms. The van der Waals surface area contributed by atoms with E-state index in [9.17, 15) is 19.0 Å². The minimum absolute atomic E-state index is 0.0189. The van der Waals surface area contributed by atoms with E-state index in [-0.39, 0.29) is 13.0 Å². The zero-order chi connectivity index (χ0) is 41.9. The third kappa shape index (κ3) is 42.4. The predicted octanol–water partition coefficient (Wildman–Crippen LogP) is 13.1. The molecule has 0 rings (SSSR count). The lowest BCUT2D eigenvalue weighted by atomic mass is 10.0. The van der Waals surface area contributed by atoms with E-state index in [1.54, 1.807) is 0 Å². The lowest BCUT2D eigenvalue weighted by molar-refractivity contribution is -0.154. The van der Waals surface area contributed by atoms with Crippen LogP contribution in [0, 0.1) is 0 Å². The third-order valence-electron chi connectivity index (χ3n) is 10.2. The second-order valence-corrected chi connectivity index (χ2v) is 17.3. The first-order chi connectivity index (χ1) is 27.7. The number of carboxylic acids is 1. The van der Waals surface area contributed by atoms with Crippen LogP contribution in [-0.4, -0.2) is 60.5 Å². The topological polar surface area (TPSA) is 155 Å². The molecule has 0 aliphatic carbocycles. The van der Waals surface area contributed by atoms with Crippen LogP contribution in [0.2, 0.25) is 0 Å². The molecule has 57 heavy (non-hydrogen) atoms. The summed E-state index contributed by atoms with van der Waals surface area (Å²) in [6.07, 6.45) is 46.6. The van der Waals surface area contributed by atoms with Gasteiger partial charge in [0.1, 0.15) is 12.1 Å². The van der Waals surface area contributed by atoms with Crippen LogP contribution >= 0.6 is 7.82 Å². The van der Waals surface area contributed by atoms with Crippen LogP contribution in [0.3, 0.4) is 0 Å². The number of phosphoric acid groups is 1. The number of hydrogen-bond donors (Lipinski definition) is 3. The van der Waals surface area contributed by atoms with Crippen molar-refractivity contribution < 1.29 is 42.7 Å². The number of aliphatic carboxylic acids is 1. The van der Waals surface area contributed by atoms with Crippen molar-refractivity contribution in [1.29, 1.82) is 0 Å². The Hall–Kier alpha value is -1.55. The van der Waals surface area contributed by atoms with Crippen molar-refractivity contribution in [2.75, 3.05) is 26.4 Å². The number of allylic oxidation sites excluding steroid dienone is 4. The smallest absolute Gasteiger partial charge is 0.472 e. The Balaban J connectivity index is 4.13. The molecular formula is C46H88NO9P. The van der Waals surface area contributed by atoms with Gasteiger partial charge in [-0.15, -0.1) is 0 Å². The molecule has 0 radical (unpaired) electrons. The highest BCUT2D eigenvalue weighted by atomic mass is 31.2. The van der Waals surface area contributed by atoms with Crippen LogP contribution in [0.5, 0.6) is 0 Å². The Labute approximate surface area is 349 Å². The number of hydrogen-bond acceptors (Lipinski definition) is 8. The van der Waals surface area contributed by atoms with E-state index in [0.717, 1.165) is 38.5 Å². The summed E-state index contributed by atoms with van der Waals surface area (Å²) in [7, 11) is -4.61. The highest BCUT2D eigenvalue weighted by molar-refractivity contribution is 7.47. The number of phosphoric ester groups is 1. The molecule has 0 aliphatic heterocycles. The Morgan fingerprint density at radius 3 is 1.42 bits per heavy atom. The number of carbonyl (C=O) groups excluding carboxylic acids is 1. The van der Waals surface area contributed by atoms with E-state index in [4.69, 9.17) is 29.4 Å². The molecule has 0 aromatic rings. The number of nitrogens with two attached hydrogens (primary N) is 1. The molecule has 11 heteroatoms. The zero-order valence-corrected chi connectivity index (χ0v) is 37.6. The number of carbonyl (C=O) groups is 2. The summed E-state index contributed by atoms with van der Waals surface area (Å²) in [4.78, 5) is 33.5. The van der Waals surface area contributed by atoms with Gasteiger partial charge in [-0.25, -0.2) is 4.57 Å². The Morgan fingerprint density at radius 2 is 0.965 bits per heavy atom. The molecule has 336 valence electrons. The number of rotatable bonds is 45. The second kappa shape index (κ2) is 42.6. The SMILES string of the molecule is CCCCCCC/C=C\C/C=C\CCCCCCCCCCCCOCC(COP(=O)(O)OCC(N)C(=O)O)OC(=O)CCCCCCCCCCCCCCC. The molecule has 0 aromatic heterocycles. The summed E-state index contributed by atoms with van der Waals surface area (Å²) in [5.41, 5.74) is 5.36. The van der Waals surface area contributed by atoms with Gasteiger partial charge in [0.05, 0.1) is 19.8 Å². The Bertz CT molecular complexity index is 1010. The van der Waals surface area contributed by atoms with Crippen molar-refractivity contribution in [2.24, 2.45) is 5.73 Å². The predicted molar refractivity (Wildman–Crippen MR) is 235 cm³/mol. The van der Waals surface area contributed by atoms with Crippen LogP contribution in [0.25, 0.3) is 0 Å². The first-order valence-corrected chi connectivity index (χ1v) is 24.9. The average molecular weight is 830 g/mol. The van der Waals surface area contributed by atoms with Gasteiger partial charge in [-0.3, -0.25) is 18.6 Å². The summed E-state index contributed by atoms with van der Waals surface area (Å²) in [5, 5.41) is 8.90. The average Bonchev–Trinajstić information content (AvgIpc) is 3.19. The first-order valence-electron chi connectivity index (χ1n) is 23.4. The van der Waals surface area contributed by atoms with Gasteiger partial charge in [0, 0.05) is 13.0 Å². The minimum atomic E-state index is -4.61. The number of carboxylic acid groups (broad SMARTS) is 1. The summed E-state index contributed by atoms with van der Waals surface area (Å²) < 4.78 is 33.4. The molecule has 0 aromatic carbocycles. The van der Waals surface area contributed by atoms with Crippen molar-refractivity contribution in [3.05, 3.63) is 24.3 Å². The fourth-order valence-electron chi connectivity index (χ4n) is 6.58. The lowest BCUT2D eigenvalue weighted by Gasteiger charge is -2.20. The number of esters is 1. The molecule has 4 N–H and O–H groups in total. The van der Waals surface area contributed by atoms with Gasteiger partial charge in [-0.1, -0.05) is 192 Å². The van der Waals surface area contributed by atoms with Crippen LogP contribution in [0.1, 0.15) is 219 Å². The minimum Gasteiger partial charge on any atom is -0.480 e. The third-order valence-corrected chi connectivity index (χ3v) is 11.2. The molecule has 0 spiro atoms. The van der Waals surface area contributed by atoms with Gasteiger partial charge in [0.25, 0.3) is 0 Å². The molecule has 0 heterocycles. The van der Waals surface area contributed by atoms with E-state index < -0.39 is 45.1 Å². The quantitative estimate of drug-likeness (QED) is 0.0234. The molecule has 0 saturated carbocycles. The summed E-state index contributed by atoms with van der Waals surface area (Å²) in [6, 6.07) is -1.47. The molecule has 0 fully saturated rings. The molecule has 0 saturated heterocycles. The second-order valence-electron chi connectivity index (χ2n) is 15.9. The maximum atomic E-state index is 12.6. The molecule has 0 amide bonds. The standard InChI is InChI=1S/C46H88NO9P/c1-3-5-7-9-11-13-15-17-18-19-20-21-22-23-24-25-27-29-31-33-35-37-39-53-40-43(41-54-57(51,52)55-42-44(47)46(49)50)56-45(48)38-36-34-32-30-28-26-16-14-12-10-8-6-4-2/h15,17,19-20,43-44H,3-14,16,18,21-42,47H2,1-2H3,(H,49,50)(H,51,52)/b17-15-,20-19-. The van der Waals surface area contributed by atoms with Crippen molar-refractivity contribution in [1.82, 2.24) is 0 Å². The zero-order valence-electron chi connectivity index (χ0n) is 36.7. The van der Waals surface area contributed by atoms with Crippen molar-refractivity contribution in [3.63, 3.8) is 0 Å². The van der Waals surface area contributed by atoms with Gasteiger partial charge in [-0.2, -0.15) is 0 Å². The Morgan fingerprint density at radius 1 is 0.561 bits per heavy atom.